The molecule has 0 amide bonds. The van der Waals surface area contributed by atoms with Crippen LogP contribution in [0.25, 0.3) is 153 Å². The van der Waals surface area contributed by atoms with E-state index in [1.165, 1.54) is 109 Å². The van der Waals surface area contributed by atoms with Crippen molar-refractivity contribution in [3.05, 3.63) is 333 Å². The largest absolute Gasteiger partial charge is 0.355 e. The van der Waals surface area contributed by atoms with Crippen LogP contribution in [-0.4, -0.2) is 76.8 Å². The van der Waals surface area contributed by atoms with Crippen LogP contribution in [0.5, 0.6) is 0 Å². The van der Waals surface area contributed by atoms with Crippen LogP contribution >= 0.6 is 0 Å². The van der Waals surface area contributed by atoms with E-state index in [0.29, 0.717) is 11.6 Å². The zero-order valence-electron chi connectivity index (χ0n) is 70.2. The fourth-order valence-corrected chi connectivity index (χ4v) is 17.9. The molecule has 0 radical (unpaired) electrons. The van der Waals surface area contributed by atoms with E-state index in [1.807, 2.05) is 192 Å². The van der Waals surface area contributed by atoms with Gasteiger partial charge in [-0.2, -0.15) is 0 Å². The number of hydrogen-bond donors (Lipinski definition) is 2. The second-order valence-corrected chi connectivity index (χ2v) is 31.3. The van der Waals surface area contributed by atoms with Gasteiger partial charge in [0.1, 0.15) is 44.0 Å². The Kier molecular flexibility index (Phi) is 23.5. The third kappa shape index (κ3) is 15.2. The number of rotatable bonds is 11. The quantitative estimate of drug-likeness (QED) is 0.121. The highest BCUT2D eigenvalue weighted by Gasteiger charge is 2.20. The monoisotopic (exact) mass is 1590 g/mol. The molecule has 600 valence electrons. The van der Waals surface area contributed by atoms with Crippen LogP contribution in [-0.2, 0) is 27.2 Å². The number of fused-ring (bicyclic) bond motifs is 21. The van der Waals surface area contributed by atoms with Crippen LogP contribution in [0.3, 0.4) is 0 Å². The second kappa shape index (κ2) is 34.9. The number of aldehydes is 7. The molecule has 0 unspecified atom stereocenters. The number of carbonyl (C=O) groups excluding carboxylic acids is 7. The maximum absolute atomic E-state index is 11.3. The Morgan fingerprint density at radius 3 is 1.19 bits per heavy atom. The minimum Gasteiger partial charge on any atom is -0.355 e. The molecule has 0 saturated heterocycles. The molecule has 21 aromatic rings. The molecule has 0 atom stereocenters. The molecule has 0 bridgehead atoms. The third-order valence-electron chi connectivity index (χ3n) is 23.6. The minimum atomic E-state index is 0.398. The van der Waals surface area contributed by atoms with Gasteiger partial charge in [-0.05, 0) is 242 Å². The summed E-state index contributed by atoms with van der Waals surface area (Å²) < 4.78 is 11.3. The van der Waals surface area contributed by atoms with E-state index in [4.69, 9.17) is 0 Å². The van der Waals surface area contributed by atoms with E-state index in [2.05, 4.69) is 185 Å². The Balaban J connectivity index is 0.000000110. The molecule has 2 N–H and O–H groups in total. The number of H-pyrrole nitrogens is 2. The summed E-state index contributed by atoms with van der Waals surface area (Å²) in [6.07, 6.45) is 7.48. The molecule has 0 aliphatic carbocycles. The van der Waals surface area contributed by atoms with E-state index in [-0.39, 0.29) is 0 Å². The van der Waals surface area contributed by atoms with Gasteiger partial charge in [0.2, 0.25) is 0 Å². The van der Waals surface area contributed by atoms with Gasteiger partial charge >= 0.3 is 0 Å². The standard InChI is InChI=1S/C18H19NO.2C16H15NO.2C15H13NO.C14H11NO.C13H9NO/c1-10-6-7-11(2)17-15(10)16-13(4)14(9-20)8-12(3)18(16)19(17)5;1-11(2)17-15-6-4-3-5-13(15)14-9-12(10-18)7-8-16(14)17;1-2-9-17-15-6-4-3-5-13(15)14-10-12(11-18)7-8-16(14)17;1-9-7-11(8-17)10(2)14-12-5-3-4-6-13(12)16-15(9)14;1-2-16-14-6-4-3-5-12(14)13-9-11(10-17)7-8-15(13)16;1-15-13-5-3-2-4-11(13)12-8-10(9-16)6-7-14(12)15;15-8-9-5-6-13-11(7-9)10-3-1-2-4-12(10)14-13/h6-9H,1-5H3;3-11H,1-2H3;3-8,10-11H,2,9H2,1H3;3-8,16H,1-2H3;3-10H,2H2,1H3;2-9H,1H3;1-8,14H. The Hall–Kier alpha value is -14.6. The highest BCUT2D eigenvalue weighted by molar-refractivity contribution is 6.17. The Morgan fingerprint density at radius 2 is 0.661 bits per heavy atom. The molecule has 121 heavy (non-hydrogen) atoms. The summed E-state index contributed by atoms with van der Waals surface area (Å²) in [6, 6.07) is 87.4. The summed E-state index contributed by atoms with van der Waals surface area (Å²) in [4.78, 5) is 83.3. The molecule has 0 fully saturated rings. The second-order valence-electron chi connectivity index (χ2n) is 31.3. The number of aromatic amines is 2. The molecule has 21 rings (SSSR count). The van der Waals surface area contributed by atoms with Crippen molar-refractivity contribution >= 4 is 197 Å². The highest BCUT2D eigenvalue weighted by Crippen LogP contribution is 2.40. The van der Waals surface area contributed by atoms with Crippen molar-refractivity contribution in [2.45, 2.75) is 94.8 Å². The van der Waals surface area contributed by atoms with E-state index in [1.54, 1.807) is 0 Å². The molecule has 14 heteroatoms. The molecular weight excluding hydrogens is 1500 g/mol. The smallest absolute Gasteiger partial charge is 0.150 e. The van der Waals surface area contributed by atoms with Gasteiger partial charge in [0, 0.05) is 214 Å². The van der Waals surface area contributed by atoms with Crippen LogP contribution in [0, 0.1) is 41.5 Å². The molecule has 7 heterocycles. The number of carbonyl (C=O) groups is 7. The van der Waals surface area contributed by atoms with E-state index >= 15 is 0 Å². The van der Waals surface area contributed by atoms with Gasteiger partial charge in [-0.1, -0.05) is 128 Å². The number of para-hydroxylation sites is 6. The molecule has 0 saturated carbocycles. The van der Waals surface area contributed by atoms with Gasteiger partial charge in [0.15, 0.2) is 0 Å². The van der Waals surface area contributed by atoms with Crippen LogP contribution in [0.15, 0.2) is 261 Å². The maximum Gasteiger partial charge on any atom is 0.150 e. The third-order valence-corrected chi connectivity index (χ3v) is 23.6. The number of nitrogens with zero attached hydrogens (tertiary/aromatic N) is 5. The van der Waals surface area contributed by atoms with Crippen LogP contribution in [0.2, 0.25) is 0 Å². The summed E-state index contributed by atoms with van der Waals surface area (Å²) >= 11 is 0. The molecular formula is C107H95N7O7. The van der Waals surface area contributed by atoms with Crippen molar-refractivity contribution in [1.82, 2.24) is 32.8 Å². The average Bonchev–Trinajstić information content (AvgIpc) is 1.55. The molecule has 0 aliphatic heterocycles. The van der Waals surface area contributed by atoms with Crippen molar-refractivity contribution in [3.8, 4) is 0 Å². The lowest BCUT2D eigenvalue weighted by Gasteiger charge is -2.11. The lowest BCUT2D eigenvalue weighted by Crippen LogP contribution is -1.99. The van der Waals surface area contributed by atoms with Crippen LogP contribution < -0.4 is 0 Å². The highest BCUT2D eigenvalue weighted by atomic mass is 16.1. The predicted octanol–water partition coefficient (Wildman–Crippen LogP) is 26.2. The van der Waals surface area contributed by atoms with E-state index in [0.717, 1.165) is 174 Å². The van der Waals surface area contributed by atoms with Crippen molar-refractivity contribution in [2.75, 3.05) is 0 Å². The van der Waals surface area contributed by atoms with E-state index in [9.17, 15) is 33.6 Å². The predicted molar refractivity (Wildman–Crippen MR) is 503 cm³/mol. The number of aryl methyl sites for hydroxylation is 10. The lowest BCUT2D eigenvalue weighted by atomic mass is 9.97. The Morgan fingerprint density at radius 1 is 0.298 bits per heavy atom. The molecule has 14 nitrogen and oxygen atoms in total. The summed E-state index contributed by atoms with van der Waals surface area (Å²) in [6.45, 7) is 23.1. The first-order valence-electron chi connectivity index (χ1n) is 41.0. The maximum atomic E-state index is 11.3. The van der Waals surface area contributed by atoms with Crippen LogP contribution in [0.1, 0.15) is 146 Å². The van der Waals surface area contributed by atoms with Gasteiger partial charge in [0.05, 0.1) is 11.0 Å². The molecule has 14 aromatic carbocycles. The Labute approximate surface area is 700 Å². The van der Waals surface area contributed by atoms with Crippen molar-refractivity contribution in [2.24, 2.45) is 14.1 Å². The van der Waals surface area contributed by atoms with E-state index < -0.39 is 0 Å². The minimum absolute atomic E-state index is 0.398. The fourth-order valence-electron chi connectivity index (χ4n) is 17.9. The lowest BCUT2D eigenvalue weighted by molar-refractivity contribution is 0.111. The van der Waals surface area contributed by atoms with Gasteiger partial charge < -0.3 is 32.8 Å². The zero-order chi connectivity index (χ0) is 85.0. The van der Waals surface area contributed by atoms with Crippen molar-refractivity contribution in [1.29, 1.82) is 0 Å². The number of aromatic nitrogens is 7. The number of hydrogen-bond acceptors (Lipinski definition) is 7. The van der Waals surface area contributed by atoms with Gasteiger partial charge in [-0.3, -0.25) is 33.6 Å². The van der Waals surface area contributed by atoms with Crippen molar-refractivity contribution < 1.29 is 33.6 Å². The molecule has 0 aliphatic rings. The molecule has 0 spiro atoms. The summed E-state index contributed by atoms with van der Waals surface area (Å²) in [5, 5.41) is 16.6. The first kappa shape index (κ1) is 81.5. The van der Waals surface area contributed by atoms with Gasteiger partial charge in [-0.15, -0.1) is 0 Å². The Bertz CT molecular complexity index is 7650. The average molecular weight is 1590 g/mol. The van der Waals surface area contributed by atoms with Crippen molar-refractivity contribution in [3.63, 3.8) is 0 Å². The zero-order valence-corrected chi connectivity index (χ0v) is 70.2. The SMILES string of the molecule is CC(C)n1c2ccccc2c2cc(C=O)ccc21.CCCn1c2ccccc2c2cc(C=O)ccc21.CCn1c2ccccc2c2cc(C=O)ccc21.Cc1cc(C=O)c(C)c2c1[nH]c1ccccc12.Cc1ccc(C)c2c1c1c(C)c(C=O)cc(C)c1n2C.Cn1c2ccccc2c2cc(C=O)ccc21.O=Cc1ccc2[nH]c3ccccc3c2c1. The first-order chi connectivity index (χ1) is 58.8. The molecule has 7 aromatic heterocycles. The topological polar surface area (TPSA) is 176 Å². The first-order valence-corrected chi connectivity index (χ1v) is 41.0. The summed E-state index contributed by atoms with van der Waals surface area (Å²) in [7, 11) is 4.16. The fraction of sp³-hybridized carbons (Fsp3) is 0.150. The van der Waals surface area contributed by atoms with Crippen LogP contribution in [0.4, 0.5) is 0 Å². The number of benzene rings is 14. The normalized spacial score (nSPS) is 11.2. The van der Waals surface area contributed by atoms with Gasteiger partial charge in [-0.25, -0.2) is 0 Å². The summed E-state index contributed by atoms with van der Waals surface area (Å²) in [5.74, 6) is 0. The van der Waals surface area contributed by atoms with Gasteiger partial charge in [0.25, 0.3) is 0 Å². The number of nitrogens with one attached hydrogen (secondary N) is 2. The summed E-state index contributed by atoms with van der Waals surface area (Å²) in [5.41, 5.74) is 28.8.